The number of para-hydroxylation sites is 1. The van der Waals surface area contributed by atoms with Gasteiger partial charge < -0.3 is 14.9 Å². The Morgan fingerprint density at radius 2 is 2.10 bits per heavy atom. The highest BCUT2D eigenvalue weighted by molar-refractivity contribution is 5.98. The predicted molar refractivity (Wildman–Crippen MR) is 82.1 cm³/mol. The number of carbonyl (C=O) groups excluding carboxylic acids is 1. The lowest BCUT2D eigenvalue weighted by Gasteiger charge is -2.23. The summed E-state index contributed by atoms with van der Waals surface area (Å²) in [5, 5.41) is 1.08. The van der Waals surface area contributed by atoms with E-state index < -0.39 is 0 Å². The third-order valence-electron chi connectivity index (χ3n) is 4.26. The van der Waals surface area contributed by atoms with Gasteiger partial charge in [-0.2, -0.15) is 0 Å². The summed E-state index contributed by atoms with van der Waals surface area (Å²) in [6.45, 7) is 0.817. The van der Waals surface area contributed by atoms with E-state index in [4.69, 9.17) is 0 Å². The number of hydrogen-bond acceptors (Lipinski definition) is 1. The Morgan fingerprint density at radius 3 is 2.90 bits per heavy atom. The number of aromatic nitrogens is 2. The van der Waals surface area contributed by atoms with Gasteiger partial charge in [0.25, 0.3) is 5.91 Å². The Labute approximate surface area is 122 Å². The lowest BCUT2D eigenvalue weighted by molar-refractivity contribution is 0.0728. The summed E-state index contributed by atoms with van der Waals surface area (Å²) >= 11 is 0. The van der Waals surface area contributed by atoms with E-state index in [1.165, 1.54) is 0 Å². The number of H-pyrrole nitrogens is 2. The molecule has 4 rings (SSSR count). The monoisotopic (exact) mass is 279 g/mol. The minimum atomic E-state index is 0.0864. The number of benzene rings is 1. The van der Waals surface area contributed by atoms with E-state index in [9.17, 15) is 4.79 Å². The van der Waals surface area contributed by atoms with Gasteiger partial charge in [-0.3, -0.25) is 4.79 Å². The van der Waals surface area contributed by atoms with Gasteiger partial charge in [-0.25, -0.2) is 0 Å². The standard InChI is InChI=1S/C17H17N3O/c21-17(15-11-12-5-1-2-6-13(12)19-15)20-10-4-8-16(20)14-7-3-9-18-14/h1-3,5-7,9,11,16,18-19H,4,8,10H2. The molecule has 1 unspecified atom stereocenters. The molecule has 3 aromatic rings. The molecule has 1 saturated heterocycles. The van der Waals surface area contributed by atoms with Gasteiger partial charge >= 0.3 is 0 Å². The number of nitrogens with one attached hydrogen (secondary N) is 2. The Bertz CT molecular complexity index is 739. The average molecular weight is 279 g/mol. The Hall–Kier alpha value is -2.49. The molecule has 106 valence electrons. The molecule has 0 spiro atoms. The minimum absolute atomic E-state index is 0.0864. The molecule has 2 N–H and O–H groups in total. The minimum Gasteiger partial charge on any atom is -0.363 e. The molecule has 0 aliphatic carbocycles. The van der Waals surface area contributed by atoms with Crippen molar-refractivity contribution in [2.24, 2.45) is 0 Å². The maximum Gasteiger partial charge on any atom is 0.270 e. The number of amides is 1. The van der Waals surface area contributed by atoms with E-state index in [0.29, 0.717) is 5.69 Å². The molecule has 1 fully saturated rings. The summed E-state index contributed by atoms with van der Waals surface area (Å²) in [5.41, 5.74) is 2.81. The number of aromatic amines is 2. The average Bonchev–Trinajstić information content (AvgIpc) is 3.23. The lowest BCUT2D eigenvalue weighted by Crippen LogP contribution is -2.30. The molecule has 1 atom stereocenters. The summed E-state index contributed by atoms with van der Waals surface area (Å²) in [6.07, 6.45) is 3.99. The van der Waals surface area contributed by atoms with E-state index in [0.717, 1.165) is 36.0 Å². The molecule has 4 heteroatoms. The molecule has 2 aromatic heterocycles. The summed E-state index contributed by atoms with van der Waals surface area (Å²) < 4.78 is 0. The van der Waals surface area contributed by atoms with Gasteiger partial charge in [-0.05, 0) is 37.1 Å². The van der Waals surface area contributed by atoms with Crippen molar-refractivity contribution in [1.82, 2.24) is 14.9 Å². The van der Waals surface area contributed by atoms with Crippen LogP contribution in [0.5, 0.6) is 0 Å². The maximum atomic E-state index is 12.8. The molecule has 0 saturated carbocycles. The molecule has 1 aromatic carbocycles. The topological polar surface area (TPSA) is 51.9 Å². The Balaban J connectivity index is 1.67. The van der Waals surface area contributed by atoms with Crippen molar-refractivity contribution < 1.29 is 4.79 Å². The van der Waals surface area contributed by atoms with E-state index in [1.54, 1.807) is 0 Å². The first-order chi connectivity index (χ1) is 10.3. The quantitative estimate of drug-likeness (QED) is 0.741. The zero-order chi connectivity index (χ0) is 14.2. The normalized spacial score (nSPS) is 18.5. The van der Waals surface area contributed by atoms with Crippen LogP contribution < -0.4 is 0 Å². The number of hydrogen-bond donors (Lipinski definition) is 2. The van der Waals surface area contributed by atoms with Crippen molar-refractivity contribution in [3.05, 3.63) is 60.0 Å². The van der Waals surface area contributed by atoms with Crippen LogP contribution in [0, 0.1) is 0 Å². The smallest absolute Gasteiger partial charge is 0.270 e. The van der Waals surface area contributed by atoms with Gasteiger partial charge in [0.05, 0.1) is 6.04 Å². The molecule has 1 amide bonds. The first kappa shape index (κ1) is 12.3. The Kier molecular flexibility index (Phi) is 2.81. The van der Waals surface area contributed by atoms with Gasteiger partial charge in [0.15, 0.2) is 0 Å². The molecule has 4 nitrogen and oxygen atoms in total. The molecule has 1 aliphatic rings. The van der Waals surface area contributed by atoms with Gasteiger partial charge in [-0.1, -0.05) is 18.2 Å². The van der Waals surface area contributed by atoms with Crippen LogP contribution >= 0.6 is 0 Å². The van der Waals surface area contributed by atoms with Gasteiger partial charge in [0.2, 0.25) is 0 Å². The Morgan fingerprint density at radius 1 is 1.19 bits per heavy atom. The van der Waals surface area contributed by atoms with E-state index >= 15 is 0 Å². The first-order valence-corrected chi connectivity index (χ1v) is 7.35. The maximum absolute atomic E-state index is 12.8. The van der Waals surface area contributed by atoms with Crippen molar-refractivity contribution in [3.63, 3.8) is 0 Å². The summed E-state index contributed by atoms with van der Waals surface area (Å²) in [6, 6.07) is 14.1. The number of likely N-dealkylation sites (tertiary alicyclic amines) is 1. The second-order valence-electron chi connectivity index (χ2n) is 5.55. The number of nitrogens with zero attached hydrogens (tertiary/aromatic N) is 1. The van der Waals surface area contributed by atoms with Crippen LogP contribution in [0.4, 0.5) is 0 Å². The zero-order valence-electron chi connectivity index (χ0n) is 11.7. The summed E-state index contributed by atoms with van der Waals surface area (Å²) in [5.74, 6) is 0.0864. The molecular weight excluding hydrogens is 262 g/mol. The molecule has 1 aliphatic heterocycles. The van der Waals surface area contributed by atoms with Crippen LogP contribution in [-0.4, -0.2) is 27.3 Å². The highest BCUT2D eigenvalue weighted by Crippen LogP contribution is 2.32. The van der Waals surface area contributed by atoms with Crippen LogP contribution in [0.2, 0.25) is 0 Å². The fourth-order valence-electron chi connectivity index (χ4n) is 3.23. The number of fused-ring (bicyclic) bond motifs is 1. The van der Waals surface area contributed by atoms with Crippen molar-refractivity contribution in [1.29, 1.82) is 0 Å². The zero-order valence-corrected chi connectivity index (χ0v) is 11.7. The first-order valence-electron chi connectivity index (χ1n) is 7.35. The van der Waals surface area contributed by atoms with Crippen LogP contribution in [0.3, 0.4) is 0 Å². The lowest BCUT2D eigenvalue weighted by atomic mass is 10.1. The van der Waals surface area contributed by atoms with Crippen molar-refractivity contribution in [3.8, 4) is 0 Å². The SMILES string of the molecule is O=C(c1cc2ccccc2[nH]1)N1CCCC1c1ccc[nH]1. The second kappa shape index (κ2) is 4.81. The van der Waals surface area contributed by atoms with Gasteiger partial charge in [0, 0.05) is 29.3 Å². The van der Waals surface area contributed by atoms with Crippen molar-refractivity contribution >= 4 is 16.8 Å². The molecule has 0 bridgehead atoms. The van der Waals surface area contributed by atoms with Crippen molar-refractivity contribution in [2.75, 3.05) is 6.54 Å². The number of carbonyl (C=O) groups is 1. The van der Waals surface area contributed by atoms with Gasteiger partial charge in [0.1, 0.15) is 5.69 Å². The third-order valence-corrected chi connectivity index (χ3v) is 4.26. The largest absolute Gasteiger partial charge is 0.363 e. The van der Waals surface area contributed by atoms with E-state index in [1.807, 2.05) is 47.5 Å². The summed E-state index contributed by atoms with van der Waals surface area (Å²) in [7, 11) is 0. The van der Waals surface area contributed by atoms with E-state index in [2.05, 4.69) is 16.0 Å². The van der Waals surface area contributed by atoms with Crippen molar-refractivity contribution in [2.45, 2.75) is 18.9 Å². The number of rotatable bonds is 2. The van der Waals surface area contributed by atoms with Crippen LogP contribution in [0.1, 0.15) is 35.1 Å². The molecule has 0 radical (unpaired) electrons. The second-order valence-corrected chi connectivity index (χ2v) is 5.55. The predicted octanol–water partition coefficient (Wildman–Crippen LogP) is 3.47. The highest BCUT2D eigenvalue weighted by Gasteiger charge is 2.31. The fourth-order valence-corrected chi connectivity index (χ4v) is 3.23. The summed E-state index contributed by atoms with van der Waals surface area (Å²) in [4.78, 5) is 21.2. The van der Waals surface area contributed by atoms with Crippen LogP contribution in [-0.2, 0) is 0 Å². The van der Waals surface area contributed by atoms with Crippen LogP contribution in [0.15, 0.2) is 48.7 Å². The molecule has 21 heavy (non-hydrogen) atoms. The third kappa shape index (κ3) is 2.03. The van der Waals surface area contributed by atoms with E-state index in [-0.39, 0.29) is 11.9 Å². The van der Waals surface area contributed by atoms with Gasteiger partial charge in [-0.15, -0.1) is 0 Å². The molecule has 3 heterocycles. The fraction of sp³-hybridized carbons (Fsp3) is 0.235. The molecular formula is C17H17N3O. The highest BCUT2D eigenvalue weighted by atomic mass is 16.2. The van der Waals surface area contributed by atoms with Crippen LogP contribution in [0.25, 0.3) is 10.9 Å².